The Balaban J connectivity index is 1.76. The SMILES string of the molecule is Cc1cnc(C(=O)N2CCCC[C@H]2C2CCNCC2)cn1. The van der Waals surface area contributed by atoms with Crippen molar-refractivity contribution in [2.45, 2.75) is 45.1 Å². The molecule has 1 atom stereocenters. The van der Waals surface area contributed by atoms with E-state index in [0.717, 1.165) is 38.2 Å². The van der Waals surface area contributed by atoms with Gasteiger partial charge in [0.05, 0.1) is 11.9 Å². The van der Waals surface area contributed by atoms with Crippen molar-refractivity contribution in [1.82, 2.24) is 20.2 Å². The van der Waals surface area contributed by atoms with E-state index < -0.39 is 0 Å². The Bertz CT molecular complexity index is 482. The van der Waals surface area contributed by atoms with E-state index in [2.05, 4.69) is 20.2 Å². The Morgan fingerprint density at radius 3 is 2.71 bits per heavy atom. The van der Waals surface area contributed by atoms with Gasteiger partial charge in [0.25, 0.3) is 5.91 Å². The van der Waals surface area contributed by atoms with Crippen LogP contribution in [0.4, 0.5) is 0 Å². The number of nitrogens with one attached hydrogen (secondary N) is 1. The summed E-state index contributed by atoms with van der Waals surface area (Å²) >= 11 is 0. The number of carbonyl (C=O) groups excluding carboxylic acids is 1. The summed E-state index contributed by atoms with van der Waals surface area (Å²) in [6.45, 7) is 4.91. The molecule has 1 amide bonds. The van der Waals surface area contributed by atoms with Crippen LogP contribution in [0.5, 0.6) is 0 Å². The first-order valence-corrected chi connectivity index (χ1v) is 8.06. The lowest BCUT2D eigenvalue weighted by Gasteiger charge is -2.41. The van der Waals surface area contributed by atoms with Crippen LogP contribution < -0.4 is 5.32 Å². The van der Waals surface area contributed by atoms with E-state index in [9.17, 15) is 4.79 Å². The van der Waals surface area contributed by atoms with Crippen LogP contribution in [0.1, 0.15) is 48.3 Å². The highest BCUT2D eigenvalue weighted by molar-refractivity contribution is 5.92. The fourth-order valence-electron chi connectivity index (χ4n) is 3.58. The number of likely N-dealkylation sites (tertiary alicyclic amines) is 1. The summed E-state index contributed by atoms with van der Waals surface area (Å²) in [4.78, 5) is 23.3. The number of aromatic nitrogens is 2. The second kappa shape index (κ2) is 6.52. The smallest absolute Gasteiger partial charge is 0.274 e. The van der Waals surface area contributed by atoms with Gasteiger partial charge in [0, 0.05) is 18.8 Å². The molecule has 0 aromatic carbocycles. The summed E-state index contributed by atoms with van der Waals surface area (Å²) < 4.78 is 0. The molecule has 1 N–H and O–H groups in total. The van der Waals surface area contributed by atoms with Gasteiger partial charge in [-0.1, -0.05) is 0 Å². The summed E-state index contributed by atoms with van der Waals surface area (Å²) in [5.41, 5.74) is 1.33. The molecule has 0 radical (unpaired) electrons. The third kappa shape index (κ3) is 3.23. The lowest BCUT2D eigenvalue weighted by atomic mass is 9.84. The zero-order valence-electron chi connectivity index (χ0n) is 12.7. The minimum absolute atomic E-state index is 0.0609. The number of piperidine rings is 2. The second-order valence-electron chi connectivity index (χ2n) is 6.19. The molecule has 0 saturated carbocycles. The molecule has 5 heteroatoms. The summed E-state index contributed by atoms with van der Waals surface area (Å²) in [6, 6.07) is 0.386. The number of hydrogen-bond donors (Lipinski definition) is 1. The molecule has 0 unspecified atom stereocenters. The standard InChI is InChI=1S/C16H24N4O/c1-12-10-19-14(11-18-12)16(21)20-9-3-2-4-15(20)13-5-7-17-8-6-13/h10-11,13,15,17H,2-9H2,1H3/t15-/m0/s1. The molecule has 2 aliphatic rings. The quantitative estimate of drug-likeness (QED) is 0.901. The van der Waals surface area contributed by atoms with Crippen molar-refractivity contribution in [3.05, 3.63) is 23.8 Å². The van der Waals surface area contributed by atoms with Crippen molar-refractivity contribution in [2.24, 2.45) is 5.92 Å². The molecule has 0 aliphatic carbocycles. The number of nitrogens with zero attached hydrogens (tertiary/aromatic N) is 3. The van der Waals surface area contributed by atoms with E-state index in [4.69, 9.17) is 0 Å². The van der Waals surface area contributed by atoms with Crippen LogP contribution in [0.2, 0.25) is 0 Å². The van der Waals surface area contributed by atoms with Gasteiger partial charge in [-0.05, 0) is 58.0 Å². The van der Waals surface area contributed by atoms with Crippen LogP contribution in [0.15, 0.2) is 12.4 Å². The molecule has 2 fully saturated rings. The summed E-state index contributed by atoms with van der Waals surface area (Å²) in [7, 11) is 0. The van der Waals surface area contributed by atoms with Crippen molar-refractivity contribution in [3.63, 3.8) is 0 Å². The predicted molar refractivity (Wildman–Crippen MR) is 81.0 cm³/mol. The van der Waals surface area contributed by atoms with Gasteiger partial charge in [-0.15, -0.1) is 0 Å². The Kier molecular flexibility index (Phi) is 4.48. The molecule has 5 nitrogen and oxygen atoms in total. The summed E-state index contributed by atoms with van der Waals surface area (Å²) in [6.07, 6.45) is 9.12. The molecular weight excluding hydrogens is 264 g/mol. The average molecular weight is 288 g/mol. The van der Waals surface area contributed by atoms with Crippen molar-refractivity contribution in [1.29, 1.82) is 0 Å². The first-order valence-electron chi connectivity index (χ1n) is 8.06. The normalized spacial score (nSPS) is 24.0. The molecule has 3 heterocycles. The van der Waals surface area contributed by atoms with Gasteiger partial charge >= 0.3 is 0 Å². The third-order valence-electron chi connectivity index (χ3n) is 4.74. The maximum absolute atomic E-state index is 12.8. The molecule has 2 aliphatic heterocycles. The van der Waals surface area contributed by atoms with Crippen LogP contribution >= 0.6 is 0 Å². The van der Waals surface area contributed by atoms with Gasteiger partial charge in [-0.2, -0.15) is 0 Å². The second-order valence-corrected chi connectivity index (χ2v) is 6.19. The lowest BCUT2D eigenvalue weighted by Crippen LogP contribution is -2.50. The van der Waals surface area contributed by atoms with Gasteiger partial charge in [0.2, 0.25) is 0 Å². The number of hydrogen-bond acceptors (Lipinski definition) is 4. The highest BCUT2D eigenvalue weighted by atomic mass is 16.2. The number of amides is 1. The zero-order chi connectivity index (χ0) is 14.7. The molecule has 1 aromatic rings. The maximum atomic E-state index is 12.8. The van der Waals surface area contributed by atoms with Crippen molar-refractivity contribution < 1.29 is 4.79 Å². The van der Waals surface area contributed by atoms with Crippen molar-refractivity contribution in [2.75, 3.05) is 19.6 Å². The fraction of sp³-hybridized carbons (Fsp3) is 0.688. The minimum Gasteiger partial charge on any atom is -0.334 e. The molecular formula is C16H24N4O. The fourth-order valence-corrected chi connectivity index (χ4v) is 3.58. The largest absolute Gasteiger partial charge is 0.334 e. The molecule has 21 heavy (non-hydrogen) atoms. The van der Waals surface area contributed by atoms with Crippen LogP contribution in [-0.4, -0.2) is 46.5 Å². The topological polar surface area (TPSA) is 58.1 Å². The minimum atomic E-state index is 0.0609. The van der Waals surface area contributed by atoms with Crippen LogP contribution in [0.25, 0.3) is 0 Å². The van der Waals surface area contributed by atoms with Gasteiger partial charge in [-0.3, -0.25) is 9.78 Å². The number of carbonyl (C=O) groups is 1. The third-order valence-corrected chi connectivity index (χ3v) is 4.74. The van der Waals surface area contributed by atoms with Gasteiger partial charge in [0.15, 0.2) is 0 Å². The van der Waals surface area contributed by atoms with E-state index in [-0.39, 0.29) is 5.91 Å². The number of aryl methyl sites for hydroxylation is 1. The van der Waals surface area contributed by atoms with E-state index in [1.165, 1.54) is 19.3 Å². The van der Waals surface area contributed by atoms with Crippen LogP contribution in [0, 0.1) is 12.8 Å². The molecule has 2 saturated heterocycles. The van der Waals surface area contributed by atoms with Gasteiger partial charge in [0.1, 0.15) is 5.69 Å². The van der Waals surface area contributed by atoms with Crippen molar-refractivity contribution >= 4 is 5.91 Å². The lowest BCUT2D eigenvalue weighted by molar-refractivity contribution is 0.0469. The molecule has 0 bridgehead atoms. The highest BCUT2D eigenvalue weighted by Gasteiger charge is 2.34. The molecule has 0 spiro atoms. The molecule has 3 rings (SSSR count). The average Bonchev–Trinajstić information content (AvgIpc) is 2.56. The first-order chi connectivity index (χ1) is 10.3. The Morgan fingerprint density at radius 1 is 1.19 bits per heavy atom. The predicted octanol–water partition coefficient (Wildman–Crippen LogP) is 1.78. The summed E-state index contributed by atoms with van der Waals surface area (Å²) in [5.74, 6) is 0.694. The van der Waals surface area contributed by atoms with E-state index >= 15 is 0 Å². The van der Waals surface area contributed by atoms with Crippen LogP contribution in [0.3, 0.4) is 0 Å². The number of rotatable bonds is 2. The Hall–Kier alpha value is -1.49. The maximum Gasteiger partial charge on any atom is 0.274 e. The van der Waals surface area contributed by atoms with E-state index in [0.29, 0.717) is 17.7 Å². The van der Waals surface area contributed by atoms with Gasteiger partial charge in [-0.25, -0.2) is 4.98 Å². The highest BCUT2D eigenvalue weighted by Crippen LogP contribution is 2.29. The van der Waals surface area contributed by atoms with Gasteiger partial charge < -0.3 is 10.2 Å². The monoisotopic (exact) mass is 288 g/mol. The zero-order valence-corrected chi connectivity index (χ0v) is 12.7. The van der Waals surface area contributed by atoms with Crippen molar-refractivity contribution in [3.8, 4) is 0 Å². The van der Waals surface area contributed by atoms with E-state index in [1.807, 2.05) is 6.92 Å². The summed E-state index contributed by atoms with van der Waals surface area (Å²) in [5, 5.41) is 3.41. The first kappa shape index (κ1) is 14.4. The molecule has 114 valence electrons. The Morgan fingerprint density at radius 2 is 2.00 bits per heavy atom. The molecule has 1 aromatic heterocycles. The van der Waals surface area contributed by atoms with E-state index in [1.54, 1.807) is 12.4 Å². The Labute approximate surface area is 126 Å². The van der Waals surface area contributed by atoms with Crippen LogP contribution in [-0.2, 0) is 0 Å².